The molecule has 148 valence electrons. The molecule has 0 aliphatic carbocycles. The quantitative estimate of drug-likeness (QED) is 0.353. The van der Waals surface area contributed by atoms with Crippen LogP contribution in [0.15, 0.2) is 64.2 Å². The van der Waals surface area contributed by atoms with E-state index in [-0.39, 0.29) is 11.9 Å². The fourth-order valence-corrected chi connectivity index (χ4v) is 3.43. The number of benzene rings is 2. The second-order valence-electron chi connectivity index (χ2n) is 6.41. The van der Waals surface area contributed by atoms with E-state index in [0.29, 0.717) is 11.1 Å². The molecule has 1 aromatic heterocycles. The van der Waals surface area contributed by atoms with Gasteiger partial charge in [0.15, 0.2) is 0 Å². The van der Waals surface area contributed by atoms with Crippen molar-refractivity contribution >= 4 is 34.0 Å². The van der Waals surface area contributed by atoms with Gasteiger partial charge >= 0.3 is 5.97 Å². The van der Waals surface area contributed by atoms with Crippen LogP contribution in [0.3, 0.4) is 0 Å². The van der Waals surface area contributed by atoms with Gasteiger partial charge in [-0.25, -0.2) is 10.2 Å². The SMILES string of the molecule is COC(=O)c1ccc(-n2c(C)cc(/C=N/NC(=O)c3cccc(Br)c3)c2C)cc1. The number of nitrogens with one attached hydrogen (secondary N) is 1. The third kappa shape index (κ3) is 4.63. The number of amides is 1. The number of halogens is 1. The van der Waals surface area contributed by atoms with Crippen LogP contribution in [-0.4, -0.2) is 29.8 Å². The van der Waals surface area contributed by atoms with E-state index in [1.807, 2.05) is 38.1 Å². The normalized spacial score (nSPS) is 10.9. The molecule has 0 radical (unpaired) electrons. The molecule has 1 amide bonds. The van der Waals surface area contributed by atoms with Crippen LogP contribution in [0.4, 0.5) is 0 Å². The Morgan fingerprint density at radius 2 is 1.79 bits per heavy atom. The summed E-state index contributed by atoms with van der Waals surface area (Å²) < 4.78 is 7.62. The van der Waals surface area contributed by atoms with Crippen molar-refractivity contribution in [2.45, 2.75) is 13.8 Å². The van der Waals surface area contributed by atoms with Crippen molar-refractivity contribution in [2.75, 3.05) is 7.11 Å². The number of rotatable bonds is 5. The molecule has 1 heterocycles. The number of esters is 1. The van der Waals surface area contributed by atoms with Crippen LogP contribution in [0.5, 0.6) is 0 Å². The molecule has 1 N–H and O–H groups in total. The van der Waals surface area contributed by atoms with E-state index in [0.717, 1.165) is 27.1 Å². The van der Waals surface area contributed by atoms with Crippen LogP contribution in [0, 0.1) is 13.8 Å². The Balaban J connectivity index is 1.78. The lowest BCUT2D eigenvalue weighted by Crippen LogP contribution is -2.17. The van der Waals surface area contributed by atoms with Gasteiger partial charge in [-0.1, -0.05) is 22.0 Å². The molecule has 3 rings (SSSR count). The number of aryl methyl sites for hydroxylation is 1. The Hall–Kier alpha value is -3.19. The molecule has 7 heteroatoms. The second-order valence-corrected chi connectivity index (χ2v) is 7.33. The molecule has 3 aromatic rings. The molecule has 29 heavy (non-hydrogen) atoms. The molecule has 2 aromatic carbocycles. The third-order valence-electron chi connectivity index (χ3n) is 4.47. The van der Waals surface area contributed by atoms with E-state index >= 15 is 0 Å². The van der Waals surface area contributed by atoms with Crippen LogP contribution >= 0.6 is 15.9 Å². The Morgan fingerprint density at radius 3 is 2.45 bits per heavy atom. The average Bonchev–Trinajstić information content (AvgIpc) is 3.00. The summed E-state index contributed by atoms with van der Waals surface area (Å²) in [5.41, 5.74) is 7.34. The minimum Gasteiger partial charge on any atom is -0.465 e. The molecule has 0 spiro atoms. The molecular formula is C22H20BrN3O3. The zero-order chi connectivity index (χ0) is 21.0. The van der Waals surface area contributed by atoms with Gasteiger partial charge in [0.1, 0.15) is 0 Å². The summed E-state index contributed by atoms with van der Waals surface area (Å²) in [5, 5.41) is 4.09. The average molecular weight is 454 g/mol. The summed E-state index contributed by atoms with van der Waals surface area (Å²) in [6.07, 6.45) is 1.62. The lowest BCUT2D eigenvalue weighted by Gasteiger charge is -2.10. The van der Waals surface area contributed by atoms with Crippen molar-refractivity contribution in [2.24, 2.45) is 5.10 Å². The van der Waals surface area contributed by atoms with Gasteiger partial charge in [-0.15, -0.1) is 0 Å². The summed E-state index contributed by atoms with van der Waals surface area (Å²) >= 11 is 3.35. The number of methoxy groups -OCH3 is 1. The minimum absolute atomic E-state index is 0.283. The first kappa shape index (κ1) is 20.5. The first-order valence-corrected chi connectivity index (χ1v) is 9.66. The molecule has 0 bridgehead atoms. The molecular weight excluding hydrogens is 434 g/mol. The number of carbonyl (C=O) groups is 2. The number of aromatic nitrogens is 1. The van der Waals surface area contributed by atoms with Gasteiger partial charge in [0.25, 0.3) is 5.91 Å². The van der Waals surface area contributed by atoms with E-state index < -0.39 is 0 Å². The maximum absolute atomic E-state index is 12.2. The van der Waals surface area contributed by atoms with Gasteiger partial charge < -0.3 is 9.30 Å². The smallest absolute Gasteiger partial charge is 0.337 e. The van der Waals surface area contributed by atoms with Gasteiger partial charge in [-0.05, 0) is 62.4 Å². The van der Waals surface area contributed by atoms with E-state index in [9.17, 15) is 9.59 Å². The van der Waals surface area contributed by atoms with Crippen LogP contribution in [0.1, 0.15) is 37.7 Å². The summed E-state index contributed by atoms with van der Waals surface area (Å²) in [6, 6.07) is 16.3. The van der Waals surface area contributed by atoms with Crippen molar-refractivity contribution in [3.8, 4) is 5.69 Å². The predicted molar refractivity (Wildman–Crippen MR) is 116 cm³/mol. The number of nitrogens with zero attached hydrogens (tertiary/aromatic N) is 2. The summed E-state index contributed by atoms with van der Waals surface area (Å²) in [6.45, 7) is 3.96. The van der Waals surface area contributed by atoms with Gasteiger partial charge in [-0.3, -0.25) is 4.79 Å². The Bertz CT molecular complexity index is 1090. The van der Waals surface area contributed by atoms with Gasteiger partial charge in [0.05, 0.1) is 18.9 Å². The monoisotopic (exact) mass is 453 g/mol. The Morgan fingerprint density at radius 1 is 1.07 bits per heavy atom. The largest absolute Gasteiger partial charge is 0.465 e. The van der Waals surface area contributed by atoms with Gasteiger partial charge in [0.2, 0.25) is 0 Å². The predicted octanol–water partition coefficient (Wildman–Crippen LogP) is 4.41. The van der Waals surface area contributed by atoms with E-state index in [1.165, 1.54) is 7.11 Å². The summed E-state index contributed by atoms with van der Waals surface area (Å²) in [7, 11) is 1.36. The fraction of sp³-hybridized carbons (Fsp3) is 0.136. The maximum atomic E-state index is 12.2. The van der Waals surface area contributed by atoms with Crippen molar-refractivity contribution in [1.82, 2.24) is 9.99 Å². The Kier molecular flexibility index (Phi) is 6.29. The number of hydrogen-bond donors (Lipinski definition) is 1. The fourth-order valence-electron chi connectivity index (χ4n) is 3.03. The molecule has 0 saturated heterocycles. The molecule has 6 nitrogen and oxygen atoms in total. The van der Waals surface area contributed by atoms with Crippen LogP contribution in [0.25, 0.3) is 5.69 Å². The Labute approximate surface area is 177 Å². The topological polar surface area (TPSA) is 72.7 Å². The number of carbonyl (C=O) groups excluding carboxylic acids is 2. The second kappa shape index (κ2) is 8.87. The highest BCUT2D eigenvalue weighted by Gasteiger charge is 2.11. The first-order valence-electron chi connectivity index (χ1n) is 8.87. The molecule has 0 aliphatic rings. The number of hydrogen-bond acceptors (Lipinski definition) is 4. The standard InChI is InChI=1S/C22H20BrN3O3/c1-14-11-18(13-24-25-21(27)17-5-4-6-19(23)12-17)15(2)26(14)20-9-7-16(8-10-20)22(28)29-3/h4-13H,1-3H3,(H,25,27)/b24-13+. The van der Waals surface area contributed by atoms with Gasteiger partial charge in [0, 0.05) is 32.7 Å². The number of hydrazone groups is 1. The molecule has 0 atom stereocenters. The van der Waals surface area contributed by atoms with Gasteiger partial charge in [-0.2, -0.15) is 5.10 Å². The van der Waals surface area contributed by atoms with Crippen molar-refractivity contribution in [3.63, 3.8) is 0 Å². The molecule has 0 saturated carbocycles. The molecule has 0 aliphatic heterocycles. The van der Waals surface area contributed by atoms with E-state index in [2.05, 4.69) is 31.0 Å². The molecule has 0 fully saturated rings. The van der Waals surface area contributed by atoms with Crippen molar-refractivity contribution < 1.29 is 14.3 Å². The highest BCUT2D eigenvalue weighted by molar-refractivity contribution is 9.10. The van der Waals surface area contributed by atoms with Crippen LogP contribution in [0.2, 0.25) is 0 Å². The van der Waals surface area contributed by atoms with Crippen molar-refractivity contribution in [1.29, 1.82) is 0 Å². The van der Waals surface area contributed by atoms with E-state index in [4.69, 9.17) is 4.74 Å². The van der Waals surface area contributed by atoms with E-state index in [1.54, 1.807) is 36.5 Å². The number of ether oxygens (including phenoxy) is 1. The zero-order valence-corrected chi connectivity index (χ0v) is 17.9. The molecule has 0 unspecified atom stereocenters. The zero-order valence-electron chi connectivity index (χ0n) is 16.3. The highest BCUT2D eigenvalue weighted by Crippen LogP contribution is 2.20. The maximum Gasteiger partial charge on any atom is 0.337 e. The lowest BCUT2D eigenvalue weighted by atomic mass is 10.2. The minimum atomic E-state index is -0.369. The lowest BCUT2D eigenvalue weighted by molar-refractivity contribution is 0.0600. The highest BCUT2D eigenvalue weighted by atomic mass is 79.9. The third-order valence-corrected chi connectivity index (χ3v) is 4.97. The van der Waals surface area contributed by atoms with Crippen LogP contribution in [-0.2, 0) is 4.74 Å². The van der Waals surface area contributed by atoms with Crippen LogP contribution < -0.4 is 5.43 Å². The summed E-state index contributed by atoms with van der Waals surface area (Å²) in [4.78, 5) is 23.8. The van der Waals surface area contributed by atoms with Crippen molar-refractivity contribution in [3.05, 3.63) is 87.1 Å². The summed E-state index contributed by atoms with van der Waals surface area (Å²) in [5.74, 6) is -0.652. The first-order chi connectivity index (χ1) is 13.9.